The Balaban J connectivity index is 2.86. The summed E-state index contributed by atoms with van der Waals surface area (Å²) in [4.78, 5) is 0. The maximum Gasteiger partial charge on any atom is 0.422 e. The Kier molecular flexibility index (Phi) is 3.20. The molecule has 0 aromatic heterocycles. The van der Waals surface area contributed by atoms with Crippen molar-refractivity contribution in [3.63, 3.8) is 0 Å². The highest BCUT2D eigenvalue weighted by Gasteiger charge is 2.43. The zero-order valence-corrected chi connectivity index (χ0v) is 9.07. The predicted octanol–water partition coefficient (Wildman–Crippen LogP) is 3.15. The fourth-order valence-electron chi connectivity index (χ4n) is 1.37. The lowest BCUT2D eigenvalue weighted by Gasteiger charge is -2.19. The van der Waals surface area contributed by atoms with Gasteiger partial charge in [0.1, 0.15) is 0 Å². The van der Waals surface area contributed by atoms with Crippen LogP contribution in [-0.2, 0) is 0 Å². The second-order valence-electron chi connectivity index (χ2n) is 3.79. The van der Waals surface area contributed by atoms with Crippen molar-refractivity contribution in [1.82, 2.24) is 0 Å². The summed E-state index contributed by atoms with van der Waals surface area (Å²) in [6.45, 7) is 3.44. The van der Waals surface area contributed by atoms with Crippen molar-refractivity contribution in [2.75, 3.05) is 19.5 Å². The van der Waals surface area contributed by atoms with Gasteiger partial charge in [0.15, 0.2) is 6.16 Å². The van der Waals surface area contributed by atoms with Crippen LogP contribution in [0.25, 0.3) is 0 Å². The van der Waals surface area contributed by atoms with Crippen LogP contribution in [0.15, 0.2) is 30.3 Å². The van der Waals surface area contributed by atoms with Crippen LogP contribution in [0.5, 0.6) is 0 Å². The highest BCUT2D eigenvalue weighted by molar-refractivity contribution is 7.81. The maximum atomic E-state index is 12.3. The molecule has 0 amide bonds. The van der Waals surface area contributed by atoms with Crippen molar-refractivity contribution in [3.05, 3.63) is 30.3 Å². The van der Waals surface area contributed by atoms with Gasteiger partial charge in [0, 0.05) is 0 Å². The van der Waals surface area contributed by atoms with Crippen molar-refractivity contribution in [3.8, 4) is 0 Å². The monoisotopic (exact) mass is 221 g/mol. The molecule has 0 fully saturated rings. The molecule has 0 atom stereocenters. The Bertz CT molecular complexity index is 290. The van der Waals surface area contributed by atoms with Gasteiger partial charge in [0.2, 0.25) is 0 Å². The van der Waals surface area contributed by atoms with Crippen LogP contribution in [0.1, 0.15) is 0 Å². The van der Waals surface area contributed by atoms with Gasteiger partial charge in [-0.1, -0.05) is 18.2 Å². The third-order valence-corrected chi connectivity index (χ3v) is 4.87. The van der Waals surface area contributed by atoms with Crippen LogP contribution in [0.4, 0.5) is 13.2 Å². The summed E-state index contributed by atoms with van der Waals surface area (Å²) in [6.07, 6.45) is -4.74. The lowest BCUT2D eigenvalue weighted by molar-refractivity contribution is -0.106. The molecule has 1 aromatic rings. The zero-order valence-electron chi connectivity index (χ0n) is 8.17. The molecule has 0 saturated carbocycles. The van der Waals surface area contributed by atoms with Gasteiger partial charge >= 0.3 is 6.18 Å². The third kappa shape index (κ3) is 3.30. The third-order valence-electron chi connectivity index (χ3n) is 2.03. The molecule has 78 valence electrons. The summed E-state index contributed by atoms with van der Waals surface area (Å²) in [5, 5.41) is 0.831. The lowest BCUT2D eigenvalue weighted by atomic mass is 10.4. The van der Waals surface area contributed by atoms with Crippen molar-refractivity contribution < 1.29 is 13.2 Å². The predicted molar refractivity (Wildman–Crippen MR) is 55.8 cm³/mol. The molecule has 0 N–H and O–H groups in total. The number of hydrogen-bond acceptors (Lipinski definition) is 0. The molecular weight excluding hydrogens is 208 g/mol. The van der Waals surface area contributed by atoms with Gasteiger partial charge in [-0.15, -0.1) is 0 Å². The second kappa shape index (κ2) is 3.90. The molecule has 0 unspecified atom stereocenters. The standard InChI is InChI=1S/C10H13F3P/c1-14(2,8-10(11,12)13)9-6-4-3-5-7-9/h3-7H,8H2,1-2H3/q+1. The van der Waals surface area contributed by atoms with Crippen LogP contribution >= 0.6 is 7.26 Å². The van der Waals surface area contributed by atoms with E-state index < -0.39 is 19.6 Å². The van der Waals surface area contributed by atoms with Crippen LogP contribution in [0, 0.1) is 0 Å². The van der Waals surface area contributed by atoms with Gasteiger partial charge in [-0.05, 0) is 12.1 Å². The highest BCUT2D eigenvalue weighted by atomic mass is 31.2. The minimum Gasteiger partial charge on any atom is -0.167 e. The smallest absolute Gasteiger partial charge is 0.167 e. The average molecular weight is 221 g/mol. The van der Waals surface area contributed by atoms with E-state index in [1.807, 2.05) is 6.07 Å². The molecule has 0 spiro atoms. The summed E-state index contributed by atoms with van der Waals surface area (Å²) in [7, 11) is -2.04. The van der Waals surface area contributed by atoms with E-state index >= 15 is 0 Å². The van der Waals surface area contributed by atoms with Crippen molar-refractivity contribution in [2.24, 2.45) is 0 Å². The van der Waals surface area contributed by atoms with Crippen LogP contribution in [0.2, 0.25) is 0 Å². The van der Waals surface area contributed by atoms with E-state index in [0.717, 1.165) is 5.30 Å². The van der Waals surface area contributed by atoms with E-state index in [1.165, 1.54) is 0 Å². The Morgan fingerprint density at radius 1 is 1.07 bits per heavy atom. The van der Waals surface area contributed by atoms with Gasteiger partial charge in [-0.3, -0.25) is 0 Å². The molecule has 14 heavy (non-hydrogen) atoms. The highest BCUT2D eigenvalue weighted by Crippen LogP contribution is 2.53. The number of hydrogen-bond donors (Lipinski definition) is 0. The topological polar surface area (TPSA) is 0 Å². The van der Waals surface area contributed by atoms with E-state index in [-0.39, 0.29) is 0 Å². The van der Waals surface area contributed by atoms with Crippen molar-refractivity contribution >= 4 is 12.6 Å². The van der Waals surface area contributed by atoms with Crippen LogP contribution < -0.4 is 5.30 Å². The first-order valence-corrected chi connectivity index (χ1v) is 7.13. The Labute approximate surface area is 82.5 Å². The zero-order chi connectivity index (χ0) is 10.8. The molecule has 4 heteroatoms. The van der Waals surface area contributed by atoms with E-state index in [9.17, 15) is 13.2 Å². The van der Waals surface area contributed by atoms with Crippen molar-refractivity contribution in [2.45, 2.75) is 6.18 Å². The molecule has 0 saturated heterocycles. The largest absolute Gasteiger partial charge is 0.422 e. The fraction of sp³-hybridized carbons (Fsp3) is 0.400. The molecule has 1 aromatic carbocycles. The molecule has 0 heterocycles. The molecule has 0 radical (unpaired) electrons. The summed E-state index contributed by atoms with van der Waals surface area (Å²) in [5.41, 5.74) is 0. The second-order valence-corrected chi connectivity index (χ2v) is 8.00. The van der Waals surface area contributed by atoms with Gasteiger partial charge in [-0.2, -0.15) is 13.2 Å². The number of halogens is 3. The fourth-order valence-corrected chi connectivity index (χ4v) is 3.43. The van der Waals surface area contributed by atoms with E-state index in [0.29, 0.717) is 0 Å². The molecular formula is C10H13F3P+. The Hall–Kier alpha value is -0.560. The molecule has 0 aliphatic carbocycles. The number of alkyl halides is 3. The summed E-state index contributed by atoms with van der Waals surface area (Å²) in [5.74, 6) is 0. The lowest BCUT2D eigenvalue weighted by Crippen LogP contribution is -2.22. The first-order valence-electron chi connectivity index (χ1n) is 4.27. The van der Waals surface area contributed by atoms with Crippen LogP contribution in [0.3, 0.4) is 0 Å². The van der Waals surface area contributed by atoms with E-state index in [2.05, 4.69) is 0 Å². The maximum absolute atomic E-state index is 12.3. The normalized spacial score (nSPS) is 12.9. The molecule has 0 bridgehead atoms. The summed E-state index contributed by atoms with van der Waals surface area (Å²) >= 11 is 0. The average Bonchev–Trinajstić information content (AvgIpc) is 2.01. The molecule has 1 rings (SSSR count). The quantitative estimate of drug-likeness (QED) is 0.673. The van der Waals surface area contributed by atoms with E-state index in [1.54, 1.807) is 37.6 Å². The number of rotatable bonds is 2. The first kappa shape index (κ1) is 11.5. The van der Waals surface area contributed by atoms with Gasteiger partial charge in [0.25, 0.3) is 0 Å². The molecule has 0 nitrogen and oxygen atoms in total. The first-order chi connectivity index (χ1) is 6.31. The Morgan fingerprint density at radius 2 is 1.57 bits per heavy atom. The van der Waals surface area contributed by atoms with Gasteiger partial charge < -0.3 is 0 Å². The van der Waals surface area contributed by atoms with Gasteiger partial charge in [-0.25, -0.2) is 0 Å². The van der Waals surface area contributed by atoms with Crippen LogP contribution in [-0.4, -0.2) is 25.7 Å². The van der Waals surface area contributed by atoms with Crippen molar-refractivity contribution in [1.29, 1.82) is 0 Å². The number of benzene rings is 1. The Morgan fingerprint density at radius 3 is 2.00 bits per heavy atom. The summed E-state index contributed by atoms with van der Waals surface area (Å²) < 4.78 is 36.8. The molecule has 0 aliphatic rings. The minimum absolute atomic E-state index is 0.677. The summed E-state index contributed by atoms with van der Waals surface area (Å²) in [6, 6.07) is 8.94. The molecule has 0 aliphatic heterocycles. The van der Waals surface area contributed by atoms with Gasteiger partial charge in [0.05, 0.1) is 25.9 Å². The van der Waals surface area contributed by atoms with E-state index in [4.69, 9.17) is 0 Å². The SMILES string of the molecule is C[P+](C)(CC(F)(F)F)c1ccccc1. The minimum atomic E-state index is -4.06.